The summed E-state index contributed by atoms with van der Waals surface area (Å²) in [5.74, 6) is 0.823. The quantitative estimate of drug-likeness (QED) is 0.330. The van der Waals surface area contributed by atoms with E-state index in [0.717, 1.165) is 31.0 Å². The summed E-state index contributed by atoms with van der Waals surface area (Å²) < 4.78 is 22.9. The van der Waals surface area contributed by atoms with Gasteiger partial charge in [-0.05, 0) is 30.5 Å². The van der Waals surface area contributed by atoms with Crippen LogP contribution >= 0.6 is 0 Å². The second-order valence-corrected chi connectivity index (χ2v) is 8.73. The van der Waals surface area contributed by atoms with Crippen molar-refractivity contribution in [2.75, 3.05) is 26.4 Å². The Balaban J connectivity index is 2.18. The number of aliphatic imine (C=N–C) groups is 1. The van der Waals surface area contributed by atoms with Crippen LogP contribution in [0.3, 0.4) is 0 Å². The number of hydrogen-bond acceptors (Lipinski definition) is 3. The third-order valence-corrected chi connectivity index (χ3v) is 5.48. The topological polar surface area (TPSA) is 70.6 Å². The van der Waals surface area contributed by atoms with Crippen LogP contribution in [0.15, 0.2) is 34.2 Å². The van der Waals surface area contributed by atoms with E-state index < -0.39 is 9.84 Å². The molecule has 0 saturated heterocycles. The molecule has 0 amide bonds. The third kappa shape index (κ3) is 9.80. The minimum absolute atomic E-state index is 0.362. The molecule has 0 bridgehead atoms. The van der Waals surface area contributed by atoms with Crippen molar-refractivity contribution in [3.8, 4) is 0 Å². The van der Waals surface area contributed by atoms with E-state index in [1.54, 1.807) is 19.2 Å². The fraction of sp³-hybridized carbons (Fsp3) is 0.650. The second-order valence-electron chi connectivity index (χ2n) is 6.71. The first kappa shape index (κ1) is 22.5. The van der Waals surface area contributed by atoms with Gasteiger partial charge in [-0.2, -0.15) is 0 Å². The van der Waals surface area contributed by atoms with E-state index in [0.29, 0.717) is 4.90 Å². The van der Waals surface area contributed by atoms with Gasteiger partial charge in [-0.1, -0.05) is 57.6 Å². The Bertz CT molecular complexity index is 625. The van der Waals surface area contributed by atoms with E-state index in [9.17, 15) is 8.42 Å². The Kier molecular flexibility index (Phi) is 11.0. The third-order valence-electron chi connectivity index (χ3n) is 4.35. The molecule has 0 aliphatic rings. The number of hydrogen-bond donors (Lipinski definition) is 2. The fourth-order valence-electron chi connectivity index (χ4n) is 2.74. The Hall–Kier alpha value is -1.56. The zero-order valence-corrected chi connectivity index (χ0v) is 17.4. The zero-order valence-electron chi connectivity index (χ0n) is 16.6. The lowest BCUT2D eigenvalue weighted by Gasteiger charge is -2.12. The summed E-state index contributed by atoms with van der Waals surface area (Å²) in [4.78, 5) is 4.60. The SMILES string of the molecule is CCCCCCCCCNC(=NC)NCCc1ccc(S(C)(=O)=O)cc1. The van der Waals surface area contributed by atoms with Crippen LogP contribution in [0.2, 0.25) is 0 Å². The largest absolute Gasteiger partial charge is 0.356 e. The first-order valence-electron chi connectivity index (χ1n) is 9.71. The monoisotopic (exact) mass is 381 g/mol. The van der Waals surface area contributed by atoms with Crippen molar-refractivity contribution in [3.05, 3.63) is 29.8 Å². The fourth-order valence-corrected chi connectivity index (χ4v) is 3.37. The lowest BCUT2D eigenvalue weighted by atomic mass is 10.1. The molecule has 0 fully saturated rings. The number of nitrogens with zero attached hydrogens (tertiary/aromatic N) is 1. The molecule has 0 aliphatic heterocycles. The molecule has 1 rings (SSSR count). The maximum atomic E-state index is 11.5. The average molecular weight is 382 g/mol. The van der Waals surface area contributed by atoms with Crippen molar-refractivity contribution in [2.24, 2.45) is 4.99 Å². The van der Waals surface area contributed by atoms with Crippen LogP contribution < -0.4 is 10.6 Å². The Morgan fingerprint density at radius 2 is 1.50 bits per heavy atom. The molecular weight excluding hydrogens is 346 g/mol. The molecule has 1 aromatic rings. The predicted molar refractivity (Wildman–Crippen MR) is 111 cm³/mol. The van der Waals surface area contributed by atoms with Gasteiger partial charge in [0, 0.05) is 26.4 Å². The lowest BCUT2D eigenvalue weighted by Crippen LogP contribution is -2.38. The smallest absolute Gasteiger partial charge is 0.190 e. The normalized spacial score (nSPS) is 12.2. The summed E-state index contributed by atoms with van der Waals surface area (Å²) in [6, 6.07) is 7.07. The van der Waals surface area contributed by atoms with Gasteiger partial charge in [0.25, 0.3) is 0 Å². The molecule has 6 heteroatoms. The van der Waals surface area contributed by atoms with Gasteiger partial charge in [0.05, 0.1) is 4.90 Å². The number of benzene rings is 1. The molecule has 0 aromatic heterocycles. The summed E-state index contributed by atoms with van der Waals surface area (Å²) in [6.45, 7) is 3.94. The van der Waals surface area contributed by atoms with E-state index in [2.05, 4.69) is 22.5 Å². The molecule has 0 aliphatic carbocycles. The van der Waals surface area contributed by atoms with Crippen LogP contribution in [-0.2, 0) is 16.3 Å². The molecule has 1 aromatic carbocycles. The molecule has 0 saturated carbocycles. The predicted octanol–water partition coefficient (Wildman–Crippen LogP) is 3.55. The van der Waals surface area contributed by atoms with Crippen molar-refractivity contribution in [2.45, 2.75) is 63.2 Å². The molecular formula is C20H35N3O2S. The van der Waals surface area contributed by atoms with E-state index >= 15 is 0 Å². The van der Waals surface area contributed by atoms with Crippen molar-refractivity contribution in [1.29, 1.82) is 0 Å². The number of unbranched alkanes of at least 4 members (excludes halogenated alkanes) is 6. The van der Waals surface area contributed by atoms with Gasteiger partial charge in [0.1, 0.15) is 0 Å². The van der Waals surface area contributed by atoms with Crippen molar-refractivity contribution in [1.82, 2.24) is 10.6 Å². The zero-order chi connectivity index (χ0) is 19.3. The molecule has 0 unspecified atom stereocenters. The minimum Gasteiger partial charge on any atom is -0.356 e. The van der Waals surface area contributed by atoms with Crippen LogP contribution in [0, 0.1) is 0 Å². The maximum absolute atomic E-state index is 11.5. The lowest BCUT2D eigenvalue weighted by molar-refractivity contribution is 0.584. The van der Waals surface area contributed by atoms with Crippen LogP contribution in [0.5, 0.6) is 0 Å². The molecule has 0 spiro atoms. The number of nitrogens with one attached hydrogen (secondary N) is 2. The minimum atomic E-state index is -3.12. The highest BCUT2D eigenvalue weighted by Crippen LogP contribution is 2.10. The van der Waals surface area contributed by atoms with Gasteiger partial charge in [-0.15, -0.1) is 0 Å². The summed E-state index contributed by atoms with van der Waals surface area (Å²) in [5, 5.41) is 6.65. The standard InChI is InChI=1S/C20H35N3O2S/c1-4-5-6-7-8-9-10-16-22-20(21-2)23-17-15-18-11-13-19(14-12-18)26(3,24)25/h11-14H,4-10,15-17H2,1-3H3,(H2,21,22,23). The molecule has 0 atom stereocenters. The summed E-state index contributed by atoms with van der Waals surface area (Å²) in [6.07, 6.45) is 11.2. The van der Waals surface area contributed by atoms with Gasteiger partial charge >= 0.3 is 0 Å². The Morgan fingerprint density at radius 1 is 0.923 bits per heavy atom. The number of rotatable bonds is 12. The van der Waals surface area contributed by atoms with E-state index in [-0.39, 0.29) is 0 Å². The van der Waals surface area contributed by atoms with Gasteiger partial charge < -0.3 is 10.6 Å². The number of sulfone groups is 1. The maximum Gasteiger partial charge on any atom is 0.190 e. The van der Waals surface area contributed by atoms with Crippen molar-refractivity contribution in [3.63, 3.8) is 0 Å². The van der Waals surface area contributed by atoms with Crippen LogP contribution in [0.1, 0.15) is 57.4 Å². The highest BCUT2D eigenvalue weighted by molar-refractivity contribution is 7.90. The second kappa shape index (κ2) is 12.7. The van der Waals surface area contributed by atoms with Crippen LogP contribution in [0.25, 0.3) is 0 Å². The Morgan fingerprint density at radius 3 is 2.08 bits per heavy atom. The van der Waals surface area contributed by atoms with Crippen LogP contribution in [-0.4, -0.2) is 40.8 Å². The molecule has 0 heterocycles. The average Bonchev–Trinajstić information content (AvgIpc) is 2.62. The van der Waals surface area contributed by atoms with E-state index in [1.165, 1.54) is 51.2 Å². The van der Waals surface area contributed by atoms with Gasteiger partial charge in [0.15, 0.2) is 15.8 Å². The van der Waals surface area contributed by atoms with Gasteiger partial charge in [0.2, 0.25) is 0 Å². The van der Waals surface area contributed by atoms with Gasteiger partial charge in [-0.3, -0.25) is 4.99 Å². The first-order chi connectivity index (χ1) is 12.5. The highest BCUT2D eigenvalue weighted by atomic mass is 32.2. The first-order valence-corrected chi connectivity index (χ1v) is 11.6. The molecule has 2 N–H and O–H groups in total. The molecule has 148 valence electrons. The summed E-state index contributed by atoms with van der Waals surface area (Å²) >= 11 is 0. The van der Waals surface area contributed by atoms with E-state index in [4.69, 9.17) is 0 Å². The summed E-state index contributed by atoms with van der Waals surface area (Å²) in [7, 11) is -1.35. The van der Waals surface area contributed by atoms with Crippen molar-refractivity contribution >= 4 is 15.8 Å². The van der Waals surface area contributed by atoms with Crippen LogP contribution in [0.4, 0.5) is 0 Å². The summed E-state index contributed by atoms with van der Waals surface area (Å²) in [5.41, 5.74) is 1.10. The Labute approximate surface area is 159 Å². The highest BCUT2D eigenvalue weighted by Gasteiger charge is 2.06. The van der Waals surface area contributed by atoms with Crippen molar-refractivity contribution < 1.29 is 8.42 Å². The van der Waals surface area contributed by atoms with E-state index in [1.807, 2.05) is 12.1 Å². The molecule has 0 radical (unpaired) electrons. The number of guanidine groups is 1. The molecule has 26 heavy (non-hydrogen) atoms. The van der Waals surface area contributed by atoms with Gasteiger partial charge in [-0.25, -0.2) is 8.42 Å². The molecule has 5 nitrogen and oxygen atoms in total.